The van der Waals surface area contributed by atoms with Gasteiger partial charge in [-0.3, -0.25) is 9.59 Å². The van der Waals surface area contributed by atoms with Crippen LogP contribution in [0.3, 0.4) is 0 Å². The van der Waals surface area contributed by atoms with Crippen molar-refractivity contribution in [3.8, 4) is 0 Å². The molecule has 10 heteroatoms. The number of nitrogens with zero attached hydrogens (tertiary/aromatic N) is 2. The predicted octanol–water partition coefficient (Wildman–Crippen LogP) is 2.89. The van der Waals surface area contributed by atoms with Crippen molar-refractivity contribution in [1.82, 2.24) is 10.3 Å². The third-order valence-electron chi connectivity index (χ3n) is 4.69. The third kappa shape index (κ3) is 4.29. The Kier molecular flexibility index (Phi) is 5.35. The maximum atomic E-state index is 13.6. The Bertz CT molecular complexity index is 1350. The molecule has 3 N–H and O–H groups in total. The number of nitrogens with one attached hydrogen (secondary N) is 3. The van der Waals surface area contributed by atoms with Crippen LogP contribution in [0.4, 0.5) is 36.1 Å². The molecule has 162 valence electrons. The Hall–Kier alpha value is -4.21. The number of rotatable bonds is 5. The highest BCUT2D eigenvalue weighted by Gasteiger charge is 2.34. The summed E-state index contributed by atoms with van der Waals surface area (Å²) in [6, 6.07) is 12.4. The number of alkyl halides is 3. The fraction of sp³-hybridized carbons (Fsp3) is 0.0909. The molecule has 2 amide bonds. The summed E-state index contributed by atoms with van der Waals surface area (Å²) in [4.78, 5) is 31.2. The van der Waals surface area contributed by atoms with Gasteiger partial charge in [0.2, 0.25) is 0 Å². The molecule has 7 nitrogen and oxygen atoms in total. The topological polar surface area (TPSA) is 95.5 Å². The summed E-state index contributed by atoms with van der Waals surface area (Å²) in [6.07, 6.45) is -2.59. The van der Waals surface area contributed by atoms with Gasteiger partial charge in [0, 0.05) is 36.3 Å². The fourth-order valence-corrected chi connectivity index (χ4v) is 3.20. The van der Waals surface area contributed by atoms with E-state index in [0.29, 0.717) is 22.5 Å². The minimum absolute atomic E-state index is 0.138. The second-order valence-electron chi connectivity index (χ2n) is 6.86. The lowest BCUT2D eigenvalue weighted by Gasteiger charge is -2.17. The number of pyridine rings is 1. The van der Waals surface area contributed by atoms with Crippen molar-refractivity contribution in [2.45, 2.75) is 6.18 Å². The Morgan fingerprint density at radius 3 is 2.53 bits per heavy atom. The zero-order chi connectivity index (χ0) is 22.9. The number of hydrogen-bond acceptors (Lipinski definition) is 5. The molecule has 4 rings (SSSR count). The standard InChI is InChI=1S/C22H16F3N5O2/c1-26-21(32)14-4-2-3-5-17(14)29-18-10-19(27-11-15(18)22(23,24)25)28-13-6-7-16-12(8-13)9-20(31)30-16/h2-11H,1H3,(H,26,32)(H2,27,28,29). The summed E-state index contributed by atoms with van der Waals surface area (Å²) in [5.74, 6) is -0.673. The Balaban J connectivity index is 1.71. The van der Waals surface area contributed by atoms with Gasteiger partial charge in [0.05, 0.1) is 27.9 Å². The fourth-order valence-electron chi connectivity index (χ4n) is 3.20. The van der Waals surface area contributed by atoms with Crippen LogP contribution in [0.15, 0.2) is 59.7 Å². The van der Waals surface area contributed by atoms with Crippen LogP contribution < -0.4 is 26.5 Å². The maximum absolute atomic E-state index is 13.6. The largest absolute Gasteiger partial charge is 0.419 e. The van der Waals surface area contributed by atoms with E-state index in [0.717, 1.165) is 0 Å². The highest BCUT2D eigenvalue weighted by molar-refractivity contribution is 6.06. The van der Waals surface area contributed by atoms with E-state index in [2.05, 4.69) is 25.9 Å². The summed E-state index contributed by atoms with van der Waals surface area (Å²) in [7, 11) is 1.43. The molecular formula is C22H16F3N5O2. The van der Waals surface area contributed by atoms with Crippen LogP contribution in [-0.2, 0) is 11.0 Å². The molecule has 0 saturated carbocycles. The molecular weight excluding hydrogens is 423 g/mol. The second kappa shape index (κ2) is 8.14. The zero-order valence-corrected chi connectivity index (χ0v) is 16.6. The maximum Gasteiger partial charge on any atom is 0.419 e. The van der Waals surface area contributed by atoms with Gasteiger partial charge >= 0.3 is 6.18 Å². The van der Waals surface area contributed by atoms with Crippen molar-refractivity contribution in [1.29, 1.82) is 0 Å². The van der Waals surface area contributed by atoms with Crippen LogP contribution in [0.2, 0.25) is 0 Å². The van der Waals surface area contributed by atoms with E-state index in [1.54, 1.807) is 30.3 Å². The van der Waals surface area contributed by atoms with Gasteiger partial charge < -0.3 is 16.0 Å². The lowest BCUT2D eigenvalue weighted by Crippen LogP contribution is -2.21. The molecule has 0 unspecified atom stereocenters. The van der Waals surface area contributed by atoms with Crippen molar-refractivity contribution in [3.05, 3.63) is 76.4 Å². The predicted molar refractivity (Wildman–Crippen MR) is 112 cm³/mol. The second-order valence-corrected chi connectivity index (χ2v) is 6.86. The summed E-state index contributed by atoms with van der Waals surface area (Å²) < 4.78 is 40.8. The van der Waals surface area contributed by atoms with E-state index < -0.39 is 17.6 Å². The van der Waals surface area contributed by atoms with Crippen molar-refractivity contribution >= 4 is 40.8 Å². The molecule has 1 aromatic heterocycles. The molecule has 0 fully saturated rings. The number of carbonyl (C=O) groups excluding carboxylic acids is 2. The number of amides is 2. The molecule has 0 radical (unpaired) electrons. The first-order valence-electron chi connectivity index (χ1n) is 9.41. The molecule has 0 aliphatic carbocycles. The highest BCUT2D eigenvalue weighted by Crippen LogP contribution is 2.37. The molecule has 1 aliphatic heterocycles. The normalized spacial score (nSPS) is 12.4. The molecule has 0 spiro atoms. The Morgan fingerprint density at radius 1 is 1.00 bits per heavy atom. The summed E-state index contributed by atoms with van der Waals surface area (Å²) >= 11 is 0. The first-order chi connectivity index (χ1) is 15.2. The number of aromatic nitrogens is 1. The summed E-state index contributed by atoms with van der Waals surface area (Å²) in [5, 5.41) is 9.22. The quantitative estimate of drug-likeness (QED) is 0.568. The van der Waals surface area contributed by atoms with Gasteiger partial charge in [-0.2, -0.15) is 13.2 Å². The lowest BCUT2D eigenvalue weighted by molar-refractivity contribution is -0.137. The van der Waals surface area contributed by atoms with E-state index in [9.17, 15) is 22.8 Å². The van der Waals surface area contributed by atoms with Gasteiger partial charge in [-0.15, -0.1) is 0 Å². The number of fused-ring (bicyclic) bond motifs is 1. The van der Waals surface area contributed by atoms with Crippen LogP contribution in [0.1, 0.15) is 15.9 Å². The van der Waals surface area contributed by atoms with Gasteiger partial charge in [-0.05, 0) is 30.3 Å². The van der Waals surface area contributed by atoms with Crippen molar-refractivity contribution in [2.75, 3.05) is 17.7 Å². The van der Waals surface area contributed by atoms with Crippen LogP contribution in [0, 0.1) is 0 Å². The van der Waals surface area contributed by atoms with Crippen molar-refractivity contribution in [2.24, 2.45) is 4.99 Å². The first kappa shape index (κ1) is 21.0. The average molecular weight is 439 g/mol. The SMILES string of the molecule is CNC(=O)c1ccccc1Nc1cc(Nc2ccc3c(c2)=CC(=O)N=3)ncc1C(F)(F)F. The monoisotopic (exact) mass is 439 g/mol. The molecule has 2 aromatic carbocycles. The van der Waals surface area contributed by atoms with E-state index in [1.165, 1.54) is 31.3 Å². The van der Waals surface area contributed by atoms with Gasteiger partial charge in [0.15, 0.2) is 0 Å². The molecule has 1 aliphatic rings. The minimum Gasteiger partial charge on any atom is -0.355 e. The first-order valence-corrected chi connectivity index (χ1v) is 9.41. The average Bonchev–Trinajstić information content (AvgIpc) is 3.12. The van der Waals surface area contributed by atoms with Crippen LogP contribution in [-0.4, -0.2) is 23.8 Å². The molecule has 32 heavy (non-hydrogen) atoms. The lowest BCUT2D eigenvalue weighted by atomic mass is 10.1. The number of carbonyl (C=O) groups is 2. The van der Waals surface area contributed by atoms with E-state index in [4.69, 9.17) is 0 Å². The van der Waals surface area contributed by atoms with Gasteiger partial charge in [-0.1, -0.05) is 12.1 Å². The van der Waals surface area contributed by atoms with Crippen LogP contribution in [0.25, 0.3) is 6.08 Å². The Morgan fingerprint density at radius 2 is 1.78 bits per heavy atom. The smallest absolute Gasteiger partial charge is 0.355 e. The molecule has 0 saturated heterocycles. The van der Waals surface area contributed by atoms with Gasteiger partial charge in [0.1, 0.15) is 5.82 Å². The molecule has 0 atom stereocenters. The number of halogens is 3. The molecule has 3 aromatic rings. The molecule has 2 heterocycles. The highest BCUT2D eigenvalue weighted by atomic mass is 19.4. The zero-order valence-electron chi connectivity index (χ0n) is 16.6. The van der Waals surface area contributed by atoms with Crippen LogP contribution in [0.5, 0.6) is 0 Å². The summed E-state index contributed by atoms with van der Waals surface area (Å²) in [6.45, 7) is 0. The molecule has 0 bridgehead atoms. The number of para-hydroxylation sites is 1. The minimum atomic E-state index is -4.67. The van der Waals surface area contributed by atoms with E-state index in [-0.39, 0.29) is 28.7 Å². The van der Waals surface area contributed by atoms with Crippen molar-refractivity contribution in [3.63, 3.8) is 0 Å². The van der Waals surface area contributed by atoms with E-state index in [1.807, 2.05) is 0 Å². The van der Waals surface area contributed by atoms with E-state index >= 15 is 0 Å². The number of anilines is 4. The Labute approximate surface area is 179 Å². The van der Waals surface area contributed by atoms with Gasteiger partial charge in [0.25, 0.3) is 11.8 Å². The third-order valence-corrected chi connectivity index (χ3v) is 4.69. The summed E-state index contributed by atoms with van der Waals surface area (Å²) in [5.41, 5.74) is -0.335. The van der Waals surface area contributed by atoms with Gasteiger partial charge in [-0.25, -0.2) is 9.98 Å². The number of hydrogen-bond donors (Lipinski definition) is 3. The number of benzene rings is 2. The van der Waals surface area contributed by atoms with Crippen molar-refractivity contribution < 1.29 is 22.8 Å². The van der Waals surface area contributed by atoms with Crippen LogP contribution >= 0.6 is 0 Å².